The van der Waals surface area contributed by atoms with Gasteiger partial charge in [-0.2, -0.15) is 0 Å². The molecule has 2 nitrogen and oxygen atoms in total. The van der Waals surface area contributed by atoms with Crippen molar-refractivity contribution in [2.24, 2.45) is 0 Å². The molecule has 0 N–H and O–H groups in total. The molecule has 1 heterocycles. The molecule has 0 aliphatic heterocycles. The molecule has 0 aliphatic rings. The minimum atomic E-state index is 0.891. The van der Waals surface area contributed by atoms with Crippen molar-refractivity contribution in [2.45, 2.75) is 0 Å². The van der Waals surface area contributed by atoms with Crippen molar-refractivity contribution < 1.29 is 4.42 Å². The second-order valence-electron chi connectivity index (χ2n) is 11.7. The second-order valence-corrected chi connectivity index (χ2v) is 11.7. The lowest BCUT2D eigenvalue weighted by molar-refractivity contribution is 0.673. The molecule has 9 rings (SSSR count). The predicted molar refractivity (Wildman–Crippen MR) is 194 cm³/mol. The molecule has 216 valence electrons. The van der Waals surface area contributed by atoms with Crippen molar-refractivity contribution in [2.75, 3.05) is 4.90 Å². The van der Waals surface area contributed by atoms with Gasteiger partial charge in [-0.1, -0.05) is 140 Å². The highest BCUT2D eigenvalue weighted by atomic mass is 16.3. The average molecular weight is 588 g/mol. The van der Waals surface area contributed by atoms with Gasteiger partial charge in [0.2, 0.25) is 0 Å². The normalized spacial score (nSPS) is 11.5. The van der Waals surface area contributed by atoms with Crippen molar-refractivity contribution in [1.82, 2.24) is 0 Å². The van der Waals surface area contributed by atoms with Crippen LogP contribution in [0.5, 0.6) is 0 Å². The lowest BCUT2D eigenvalue weighted by Crippen LogP contribution is -2.10. The van der Waals surface area contributed by atoms with Crippen LogP contribution < -0.4 is 4.90 Å². The summed E-state index contributed by atoms with van der Waals surface area (Å²) in [5.41, 5.74) is 9.81. The molecule has 46 heavy (non-hydrogen) atoms. The largest absolute Gasteiger partial charge is 0.455 e. The number of anilines is 3. The molecule has 0 fully saturated rings. The van der Waals surface area contributed by atoms with Gasteiger partial charge in [0.15, 0.2) is 0 Å². The van der Waals surface area contributed by atoms with Gasteiger partial charge in [-0.25, -0.2) is 0 Å². The number of fused-ring (bicyclic) bond motifs is 6. The van der Waals surface area contributed by atoms with Crippen LogP contribution in [0.4, 0.5) is 17.1 Å². The summed E-state index contributed by atoms with van der Waals surface area (Å²) in [7, 11) is 0. The molecule has 0 atom stereocenters. The summed E-state index contributed by atoms with van der Waals surface area (Å²) in [6.07, 6.45) is 0. The van der Waals surface area contributed by atoms with Crippen LogP contribution in [-0.2, 0) is 0 Å². The van der Waals surface area contributed by atoms with Gasteiger partial charge in [-0.15, -0.1) is 0 Å². The summed E-state index contributed by atoms with van der Waals surface area (Å²) in [4.78, 5) is 2.41. The molecule has 2 heteroatoms. The summed E-state index contributed by atoms with van der Waals surface area (Å²) in [5.74, 6) is 0. The summed E-state index contributed by atoms with van der Waals surface area (Å²) in [6, 6.07) is 62.7. The quantitative estimate of drug-likeness (QED) is 0.199. The fourth-order valence-corrected chi connectivity index (χ4v) is 6.87. The first-order valence-electron chi connectivity index (χ1n) is 15.7. The van der Waals surface area contributed by atoms with Crippen LogP contribution >= 0.6 is 0 Å². The van der Waals surface area contributed by atoms with E-state index in [-0.39, 0.29) is 0 Å². The monoisotopic (exact) mass is 587 g/mol. The van der Waals surface area contributed by atoms with E-state index in [9.17, 15) is 0 Å². The Morgan fingerprint density at radius 3 is 1.87 bits per heavy atom. The van der Waals surface area contributed by atoms with Crippen LogP contribution in [0.15, 0.2) is 180 Å². The first-order chi connectivity index (χ1) is 22.8. The van der Waals surface area contributed by atoms with E-state index in [1.165, 1.54) is 33.0 Å². The Morgan fingerprint density at radius 2 is 1.04 bits per heavy atom. The Balaban J connectivity index is 1.37. The van der Waals surface area contributed by atoms with Crippen LogP contribution in [0, 0.1) is 0 Å². The highest BCUT2D eigenvalue weighted by Crippen LogP contribution is 2.47. The van der Waals surface area contributed by atoms with Crippen LogP contribution in [0.1, 0.15) is 0 Å². The third-order valence-electron chi connectivity index (χ3n) is 9.01. The summed E-state index contributed by atoms with van der Waals surface area (Å²) < 4.78 is 6.69. The number of furan rings is 1. The van der Waals surface area contributed by atoms with E-state index in [2.05, 4.69) is 181 Å². The SMILES string of the molecule is c1ccc(-c2cccc(N(c3ccc4ccccc4c3)c3cc4c(oc5cccc(-c6ccccc6)c54)c4ccccc34)c2)cc1. The molecular weight excluding hydrogens is 558 g/mol. The Kier molecular flexibility index (Phi) is 6.17. The van der Waals surface area contributed by atoms with E-state index in [1.807, 2.05) is 0 Å². The fourth-order valence-electron chi connectivity index (χ4n) is 6.87. The molecule has 0 spiro atoms. The first-order valence-corrected chi connectivity index (χ1v) is 15.7. The molecular formula is C44H29NO. The summed E-state index contributed by atoms with van der Waals surface area (Å²) >= 11 is 0. The van der Waals surface area contributed by atoms with Gasteiger partial charge in [-0.3, -0.25) is 0 Å². The molecule has 8 aromatic carbocycles. The van der Waals surface area contributed by atoms with Crippen molar-refractivity contribution in [3.8, 4) is 22.3 Å². The van der Waals surface area contributed by atoms with Gasteiger partial charge in [0, 0.05) is 32.9 Å². The molecule has 0 saturated carbocycles. The van der Waals surface area contributed by atoms with Gasteiger partial charge in [0.1, 0.15) is 11.2 Å². The van der Waals surface area contributed by atoms with Gasteiger partial charge >= 0.3 is 0 Å². The predicted octanol–water partition coefficient (Wildman–Crippen LogP) is 12.7. The number of benzene rings is 8. The highest BCUT2D eigenvalue weighted by Gasteiger charge is 2.22. The Hall–Kier alpha value is -6.12. The van der Waals surface area contributed by atoms with Crippen LogP contribution in [0.3, 0.4) is 0 Å². The Bertz CT molecular complexity index is 2530. The molecule has 0 radical (unpaired) electrons. The average Bonchev–Trinajstić information content (AvgIpc) is 3.52. The van der Waals surface area contributed by atoms with Crippen molar-refractivity contribution in [3.05, 3.63) is 176 Å². The summed E-state index contributed by atoms with van der Waals surface area (Å²) in [6.45, 7) is 0. The molecule has 0 amide bonds. The van der Waals surface area contributed by atoms with Gasteiger partial charge in [0.05, 0.1) is 5.69 Å². The third kappa shape index (κ3) is 4.35. The zero-order valence-electron chi connectivity index (χ0n) is 25.1. The van der Waals surface area contributed by atoms with Crippen molar-refractivity contribution in [3.63, 3.8) is 0 Å². The van der Waals surface area contributed by atoms with Crippen LogP contribution in [0.25, 0.3) is 65.7 Å². The van der Waals surface area contributed by atoms with E-state index in [4.69, 9.17) is 4.42 Å². The molecule has 0 bridgehead atoms. The summed E-state index contributed by atoms with van der Waals surface area (Å²) in [5, 5.41) is 6.89. The molecule has 0 saturated heterocycles. The zero-order chi connectivity index (χ0) is 30.5. The van der Waals surface area contributed by atoms with Crippen LogP contribution in [-0.4, -0.2) is 0 Å². The van der Waals surface area contributed by atoms with Gasteiger partial charge in [0.25, 0.3) is 0 Å². The maximum Gasteiger partial charge on any atom is 0.143 e. The number of hydrogen-bond acceptors (Lipinski definition) is 2. The molecule has 0 unspecified atom stereocenters. The van der Waals surface area contributed by atoms with Crippen molar-refractivity contribution >= 4 is 60.5 Å². The minimum Gasteiger partial charge on any atom is -0.455 e. The smallest absolute Gasteiger partial charge is 0.143 e. The van der Waals surface area contributed by atoms with E-state index in [0.29, 0.717) is 0 Å². The maximum atomic E-state index is 6.69. The Labute approximate surface area is 267 Å². The molecule has 9 aromatic rings. The van der Waals surface area contributed by atoms with Gasteiger partial charge < -0.3 is 9.32 Å². The zero-order valence-corrected chi connectivity index (χ0v) is 25.1. The number of nitrogens with zero attached hydrogens (tertiary/aromatic N) is 1. The number of hydrogen-bond donors (Lipinski definition) is 0. The van der Waals surface area contributed by atoms with Crippen LogP contribution in [0.2, 0.25) is 0 Å². The Morgan fingerprint density at radius 1 is 0.391 bits per heavy atom. The molecule has 0 aliphatic carbocycles. The highest BCUT2D eigenvalue weighted by molar-refractivity contribution is 6.22. The maximum absolute atomic E-state index is 6.69. The fraction of sp³-hybridized carbons (Fsp3) is 0. The first kappa shape index (κ1) is 26.3. The lowest BCUT2D eigenvalue weighted by atomic mass is 9.97. The lowest BCUT2D eigenvalue weighted by Gasteiger charge is -2.28. The minimum absolute atomic E-state index is 0.891. The van der Waals surface area contributed by atoms with Gasteiger partial charge in [-0.05, 0) is 69.4 Å². The van der Waals surface area contributed by atoms with E-state index < -0.39 is 0 Å². The van der Waals surface area contributed by atoms with E-state index in [0.717, 1.165) is 49.8 Å². The number of rotatable bonds is 5. The standard InChI is InChI=1S/C44H29NO/c1-3-13-30(14-4-1)34-19-11-20-35(27-34)45(36-26-25-31-15-7-8-18-33(31)28-36)41-29-40-43-37(32-16-5-2-6-17-32)23-12-24-42(43)46-44(40)39-22-10-9-21-38(39)41/h1-29H. The van der Waals surface area contributed by atoms with Crippen molar-refractivity contribution in [1.29, 1.82) is 0 Å². The second kappa shape index (κ2) is 10.8. The molecule has 1 aromatic heterocycles. The van der Waals surface area contributed by atoms with E-state index >= 15 is 0 Å². The van der Waals surface area contributed by atoms with E-state index in [1.54, 1.807) is 0 Å². The third-order valence-corrected chi connectivity index (χ3v) is 9.01. The topological polar surface area (TPSA) is 16.4 Å².